The lowest BCUT2D eigenvalue weighted by Gasteiger charge is -2.30. The maximum Gasteiger partial charge on any atom is 0.317 e. The van der Waals surface area contributed by atoms with Gasteiger partial charge < -0.3 is 15.6 Å². The Labute approximate surface area is 87.4 Å². The van der Waals surface area contributed by atoms with Gasteiger partial charge in [-0.3, -0.25) is 4.79 Å². The Balaban J connectivity index is 2.76. The highest BCUT2D eigenvalue weighted by Crippen LogP contribution is 2.24. The van der Waals surface area contributed by atoms with Gasteiger partial charge in [-0.15, -0.1) is 0 Å². The number of nitrogens with zero attached hydrogens (tertiary/aromatic N) is 1. The molecule has 0 radical (unpaired) electrons. The fourth-order valence-corrected chi connectivity index (χ4v) is 1.34. The van der Waals surface area contributed by atoms with E-state index >= 15 is 0 Å². The standard InChI is InChI=1S/C10H12N2O3/c11-5-6-15-9(13)8-3-1-2-4-10(8,14)7-12/h1-4,8,14H,6-7,12H2. The summed E-state index contributed by atoms with van der Waals surface area (Å²) in [6, 6.07) is 1.69. The van der Waals surface area contributed by atoms with Gasteiger partial charge in [0, 0.05) is 6.54 Å². The highest BCUT2D eigenvalue weighted by molar-refractivity contribution is 5.77. The molecule has 1 rings (SSSR count). The van der Waals surface area contributed by atoms with Gasteiger partial charge in [0.1, 0.15) is 17.6 Å². The molecule has 5 heteroatoms. The predicted octanol–water partition coefficient (Wildman–Crippen LogP) is -0.515. The highest BCUT2D eigenvalue weighted by atomic mass is 16.5. The predicted molar refractivity (Wildman–Crippen MR) is 52.3 cm³/mol. The minimum absolute atomic E-state index is 0.0832. The van der Waals surface area contributed by atoms with E-state index < -0.39 is 17.5 Å². The highest BCUT2D eigenvalue weighted by Gasteiger charge is 2.38. The van der Waals surface area contributed by atoms with Gasteiger partial charge in [0.2, 0.25) is 0 Å². The number of hydrogen-bond donors (Lipinski definition) is 2. The van der Waals surface area contributed by atoms with Gasteiger partial charge in [0.15, 0.2) is 6.61 Å². The zero-order chi connectivity index (χ0) is 11.3. The normalized spacial score (nSPS) is 28.5. The van der Waals surface area contributed by atoms with Crippen LogP contribution in [0.25, 0.3) is 0 Å². The van der Waals surface area contributed by atoms with Crippen LogP contribution in [0.5, 0.6) is 0 Å². The number of hydrogen-bond acceptors (Lipinski definition) is 5. The van der Waals surface area contributed by atoms with Gasteiger partial charge in [0.25, 0.3) is 0 Å². The molecule has 0 saturated carbocycles. The van der Waals surface area contributed by atoms with Gasteiger partial charge in [-0.25, -0.2) is 0 Å². The quantitative estimate of drug-likeness (QED) is 0.608. The Kier molecular flexibility index (Phi) is 3.61. The van der Waals surface area contributed by atoms with Crippen LogP contribution in [-0.4, -0.2) is 29.8 Å². The summed E-state index contributed by atoms with van der Waals surface area (Å²) in [4.78, 5) is 11.5. The smallest absolute Gasteiger partial charge is 0.317 e. The second-order valence-electron chi connectivity index (χ2n) is 3.18. The van der Waals surface area contributed by atoms with Crippen LogP contribution in [0.2, 0.25) is 0 Å². The van der Waals surface area contributed by atoms with Crippen molar-refractivity contribution in [1.82, 2.24) is 0 Å². The number of aliphatic hydroxyl groups is 1. The average molecular weight is 208 g/mol. The lowest BCUT2D eigenvalue weighted by atomic mass is 9.84. The van der Waals surface area contributed by atoms with E-state index in [4.69, 9.17) is 11.0 Å². The number of carbonyl (C=O) groups excluding carboxylic acids is 1. The summed E-state index contributed by atoms with van der Waals surface area (Å²) in [7, 11) is 0. The molecule has 1 aliphatic rings. The van der Waals surface area contributed by atoms with Crippen LogP contribution in [0.15, 0.2) is 24.3 Å². The van der Waals surface area contributed by atoms with Crippen molar-refractivity contribution in [3.8, 4) is 6.07 Å². The fourth-order valence-electron chi connectivity index (χ4n) is 1.34. The molecule has 2 atom stereocenters. The van der Waals surface area contributed by atoms with Crippen molar-refractivity contribution in [2.45, 2.75) is 5.60 Å². The van der Waals surface area contributed by atoms with E-state index in [1.54, 1.807) is 18.2 Å². The lowest BCUT2D eigenvalue weighted by molar-refractivity contribution is -0.151. The molecule has 80 valence electrons. The number of carbonyl (C=O) groups is 1. The molecular formula is C10H12N2O3. The van der Waals surface area contributed by atoms with Crippen molar-refractivity contribution in [1.29, 1.82) is 5.26 Å². The Morgan fingerprint density at radius 1 is 1.67 bits per heavy atom. The van der Waals surface area contributed by atoms with Crippen LogP contribution in [0.4, 0.5) is 0 Å². The van der Waals surface area contributed by atoms with Crippen molar-refractivity contribution < 1.29 is 14.6 Å². The first-order chi connectivity index (χ1) is 7.14. The van der Waals surface area contributed by atoms with Gasteiger partial charge in [0.05, 0.1) is 0 Å². The van der Waals surface area contributed by atoms with Crippen LogP contribution in [0.1, 0.15) is 0 Å². The number of nitriles is 1. The minimum Gasteiger partial charge on any atom is -0.450 e. The fraction of sp³-hybridized carbons (Fsp3) is 0.400. The second kappa shape index (κ2) is 4.73. The Morgan fingerprint density at radius 3 is 3.00 bits per heavy atom. The van der Waals surface area contributed by atoms with Crippen LogP contribution < -0.4 is 5.73 Å². The minimum atomic E-state index is -1.42. The Hall–Kier alpha value is -1.64. The molecular weight excluding hydrogens is 196 g/mol. The van der Waals surface area contributed by atoms with Crippen molar-refractivity contribution in [3.63, 3.8) is 0 Å². The van der Waals surface area contributed by atoms with Gasteiger partial charge >= 0.3 is 5.97 Å². The topological polar surface area (TPSA) is 96.3 Å². The number of nitrogens with two attached hydrogens (primary N) is 1. The number of allylic oxidation sites excluding steroid dienone is 2. The molecule has 0 fully saturated rings. The lowest BCUT2D eigenvalue weighted by Crippen LogP contribution is -2.47. The van der Waals surface area contributed by atoms with Crippen LogP contribution in [-0.2, 0) is 9.53 Å². The van der Waals surface area contributed by atoms with E-state index in [9.17, 15) is 9.90 Å². The van der Waals surface area contributed by atoms with Gasteiger partial charge in [-0.2, -0.15) is 5.26 Å². The number of rotatable bonds is 3. The first-order valence-corrected chi connectivity index (χ1v) is 4.46. The third-order valence-electron chi connectivity index (χ3n) is 2.20. The van der Waals surface area contributed by atoms with Crippen molar-refractivity contribution >= 4 is 5.97 Å². The second-order valence-corrected chi connectivity index (χ2v) is 3.18. The summed E-state index contributed by atoms with van der Waals surface area (Å²) in [6.07, 6.45) is 6.20. The molecule has 3 N–H and O–H groups in total. The molecule has 0 amide bonds. The van der Waals surface area contributed by atoms with E-state index in [-0.39, 0.29) is 13.2 Å². The molecule has 0 aromatic rings. The third-order valence-corrected chi connectivity index (χ3v) is 2.20. The third kappa shape index (κ3) is 2.43. The Morgan fingerprint density at radius 2 is 2.40 bits per heavy atom. The van der Waals surface area contributed by atoms with Gasteiger partial charge in [-0.05, 0) is 0 Å². The first kappa shape index (κ1) is 11.4. The largest absolute Gasteiger partial charge is 0.450 e. The molecule has 0 heterocycles. The van der Waals surface area contributed by atoms with Crippen LogP contribution in [0.3, 0.4) is 0 Å². The van der Waals surface area contributed by atoms with E-state index in [1.807, 2.05) is 0 Å². The SMILES string of the molecule is N#CCOC(=O)C1C=CC=CC1(O)CN. The molecule has 15 heavy (non-hydrogen) atoms. The van der Waals surface area contributed by atoms with Crippen molar-refractivity contribution in [3.05, 3.63) is 24.3 Å². The molecule has 0 aliphatic heterocycles. The zero-order valence-corrected chi connectivity index (χ0v) is 8.09. The van der Waals surface area contributed by atoms with E-state index in [1.165, 1.54) is 12.2 Å². The monoisotopic (exact) mass is 208 g/mol. The summed E-state index contributed by atoms with van der Waals surface area (Å²) in [5.41, 5.74) is 3.97. The summed E-state index contributed by atoms with van der Waals surface area (Å²) < 4.78 is 4.63. The maximum atomic E-state index is 11.5. The zero-order valence-electron chi connectivity index (χ0n) is 8.09. The molecule has 5 nitrogen and oxygen atoms in total. The molecule has 0 spiro atoms. The number of esters is 1. The summed E-state index contributed by atoms with van der Waals surface area (Å²) >= 11 is 0. The summed E-state index contributed by atoms with van der Waals surface area (Å²) in [6.45, 7) is -0.409. The molecule has 0 bridgehead atoms. The molecule has 0 saturated heterocycles. The van der Waals surface area contributed by atoms with E-state index in [0.29, 0.717) is 0 Å². The molecule has 2 unspecified atom stereocenters. The van der Waals surface area contributed by atoms with Crippen LogP contribution in [0, 0.1) is 17.2 Å². The molecule has 0 aromatic carbocycles. The van der Waals surface area contributed by atoms with Crippen molar-refractivity contribution in [2.24, 2.45) is 11.7 Å². The van der Waals surface area contributed by atoms with E-state index in [0.717, 1.165) is 0 Å². The average Bonchev–Trinajstić information content (AvgIpc) is 2.26. The van der Waals surface area contributed by atoms with E-state index in [2.05, 4.69) is 4.74 Å². The molecule has 0 aromatic heterocycles. The van der Waals surface area contributed by atoms with Crippen LogP contribution >= 0.6 is 0 Å². The first-order valence-electron chi connectivity index (χ1n) is 4.46. The summed E-state index contributed by atoms with van der Waals surface area (Å²) in [5, 5.41) is 18.2. The number of ether oxygens (including phenoxy) is 1. The Bertz CT molecular complexity index is 343. The maximum absolute atomic E-state index is 11.5. The van der Waals surface area contributed by atoms with Gasteiger partial charge in [-0.1, -0.05) is 24.3 Å². The van der Waals surface area contributed by atoms with Crippen molar-refractivity contribution in [2.75, 3.05) is 13.2 Å². The summed E-state index contributed by atoms with van der Waals surface area (Å²) in [5.74, 6) is -1.49. The molecule has 1 aliphatic carbocycles.